The summed E-state index contributed by atoms with van der Waals surface area (Å²) in [5, 5.41) is 17.5. The summed E-state index contributed by atoms with van der Waals surface area (Å²) in [5.74, 6) is -0.486. The number of sulfonamides is 1. The molecule has 0 saturated heterocycles. The first kappa shape index (κ1) is 28.5. The summed E-state index contributed by atoms with van der Waals surface area (Å²) in [4.78, 5) is -0.370. The van der Waals surface area contributed by atoms with Crippen molar-refractivity contribution in [3.8, 4) is 0 Å². The maximum Gasteiger partial charge on any atom is 0.430 e. The van der Waals surface area contributed by atoms with Crippen molar-refractivity contribution >= 4 is 15.7 Å². The van der Waals surface area contributed by atoms with Gasteiger partial charge in [-0.2, -0.15) is 26.3 Å². The molecular formula is C24H20F7N3O4S. The number of halogens is 7. The third-order valence-electron chi connectivity index (χ3n) is 6.24. The number of anilines is 1. The molecule has 0 bridgehead atoms. The van der Waals surface area contributed by atoms with Crippen molar-refractivity contribution in [1.29, 1.82) is 0 Å². The first-order valence-electron chi connectivity index (χ1n) is 11.3. The Hall–Kier alpha value is -3.46. The molecule has 0 fully saturated rings. The number of nitrogens with zero attached hydrogens (tertiary/aromatic N) is 3. The van der Waals surface area contributed by atoms with E-state index in [1.54, 1.807) is 0 Å². The summed E-state index contributed by atoms with van der Waals surface area (Å²) in [6.07, 6.45) is -10.8. The van der Waals surface area contributed by atoms with Gasteiger partial charge in [-0.15, -0.1) is 16.8 Å². The third kappa shape index (κ3) is 5.12. The zero-order valence-electron chi connectivity index (χ0n) is 19.8. The van der Waals surface area contributed by atoms with E-state index in [4.69, 9.17) is 4.42 Å². The maximum absolute atomic E-state index is 13.7. The highest BCUT2D eigenvalue weighted by atomic mass is 32.2. The van der Waals surface area contributed by atoms with Crippen LogP contribution in [0.3, 0.4) is 0 Å². The zero-order chi connectivity index (χ0) is 28.8. The number of hydrogen-bond donors (Lipinski definition) is 1. The highest BCUT2D eigenvalue weighted by Crippen LogP contribution is 2.51. The molecule has 1 aliphatic rings. The van der Waals surface area contributed by atoms with Crippen molar-refractivity contribution in [1.82, 2.24) is 10.2 Å². The average Bonchev–Trinajstić information content (AvgIpc) is 3.28. The Kier molecular flexibility index (Phi) is 7.27. The number of alkyl halides is 6. The van der Waals surface area contributed by atoms with Crippen LogP contribution >= 0.6 is 0 Å². The van der Waals surface area contributed by atoms with Gasteiger partial charge >= 0.3 is 12.4 Å². The minimum atomic E-state index is -6.11. The van der Waals surface area contributed by atoms with Gasteiger partial charge in [0.1, 0.15) is 5.82 Å². The molecule has 2 heterocycles. The molecule has 7 nitrogen and oxygen atoms in total. The molecule has 0 unspecified atom stereocenters. The summed E-state index contributed by atoms with van der Waals surface area (Å²) in [6, 6.07) is 4.44. The lowest BCUT2D eigenvalue weighted by Crippen LogP contribution is -2.54. The normalized spacial score (nSPS) is 16.7. The molecule has 2 aromatic carbocycles. The van der Waals surface area contributed by atoms with Gasteiger partial charge in [0.15, 0.2) is 0 Å². The Morgan fingerprint density at radius 2 is 1.64 bits per heavy atom. The Morgan fingerprint density at radius 1 is 1.03 bits per heavy atom. The van der Waals surface area contributed by atoms with Crippen molar-refractivity contribution in [2.24, 2.45) is 0 Å². The van der Waals surface area contributed by atoms with Crippen LogP contribution in [-0.2, 0) is 34.9 Å². The third-order valence-corrected chi connectivity index (χ3v) is 8.12. The summed E-state index contributed by atoms with van der Waals surface area (Å²) in [7, 11) is -4.52. The Bertz CT molecular complexity index is 1450. The van der Waals surface area contributed by atoms with Gasteiger partial charge in [-0.05, 0) is 48.7 Å². The largest absolute Gasteiger partial charge is 0.430 e. The average molecular weight is 579 g/mol. The van der Waals surface area contributed by atoms with Gasteiger partial charge in [-0.25, -0.2) is 12.8 Å². The van der Waals surface area contributed by atoms with Gasteiger partial charge in [0.25, 0.3) is 15.6 Å². The standard InChI is InChI=1S/C24H20F7N3O4S/c1-2-3-20-32-33-21(38-20)13-17-8-4-14-12-15(22(35,23(26,27)28)24(29,30)31)5-11-19(14)34(17)39(36,37)18-9-6-16(25)7-10-18/h2,5-7,9-12,17,35H,1,3-4,8,13H2/t17-/m0/s1. The van der Waals surface area contributed by atoms with E-state index in [2.05, 4.69) is 16.8 Å². The Labute approximate surface area is 217 Å². The van der Waals surface area contributed by atoms with E-state index in [1.165, 1.54) is 6.08 Å². The SMILES string of the molecule is C=CCc1nnc(C[C@@H]2CCc3cc(C(O)(C(F)(F)F)C(F)(F)F)ccc3N2S(=O)(=O)c2ccc(F)cc2)o1. The van der Waals surface area contributed by atoms with Gasteiger partial charge in [-0.3, -0.25) is 4.31 Å². The molecule has 0 saturated carbocycles. The van der Waals surface area contributed by atoms with Gasteiger partial charge in [0, 0.05) is 18.4 Å². The monoisotopic (exact) mass is 579 g/mol. The highest BCUT2D eigenvalue weighted by Gasteiger charge is 2.71. The second-order valence-corrected chi connectivity index (χ2v) is 10.6. The van der Waals surface area contributed by atoms with E-state index in [9.17, 15) is 44.3 Å². The fourth-order valence-electron chi connectivity index (χ4n) is 4.36. The highest BCUT2D eigenvalue weighted by molar-refractivity contribution is 7.92. The number of aliphatic hydroxyl groups is 1. The van der Waals surface area contributed by atoms with Gasteiger partial charge in [0.2, 0.25) is 11.8 Å². The smallest absolute Gasteiger partial charge is 0.425 e. The minimum absolute atomic E-state index is 0.0414. The fraction of sp³-hybridized carbons (Fsp3) is 0.333. The molecule has 15 heteroatoms. The number of benzene rings is 2. The number of fused-ring (bicyclic) bond motifs is 1. The number of aromatic nitrogens is 2. The lowest BCUT2D eigenvalue weighted by atomic mass is 9.87. The van der Waals surface area contributed by atoms with Gasteiger partial charge in [-0.1, -0.05) is 18.2 Å². The van der Waals surface area contributed by atoms with Gasteiger partial charge in [0.05, 0.1) is 16.6 Å². The molecule has 1 aromatic heterocycles. The van der Waals surface area contributed by atoms with Crippen LogP contribution in [-0.4, -0.2) is 42.1 Å². The Morgan fingerprint density at radius 3 is 2.23 bits per heavy atom. The molecule has 39 heavy (non-hydrogen) atoms. The van der Waals surface area contributed by atoms with E-state index < -0.39 is 45.4 Å². The second-order valence-electron chi connectivity index (χ2n) is 8.78. The van der Waals surface area contributed by atoms with E-state index in [0.717, 1.165) is 34.6 Å². The molecule has 0 radical (unpaired) electrons. The first-order chi connectivity index (χ1) is 18.1. The maximum atomic E-state index is 13.7. The van der Waals surface area contributed by atoms with E-state index >= 15 is 0 Å². The van der Waals surface area contributed by atoms with Crippen molar-refractivity contribution < 1.29 is 48.7 Å². The molecule has 0 spiro atoms. The summed E-state index contributed by atoms with van der Waals surface area (Å²) in [5.41, 5.74) is -7.08. The van der Waals surface area contributed by atoms with Crippen molar-refractivity contribution in [3.63, 3.8) is 0 Å². The van der Waals surface area contributed by atoms with E-state index in [1.807, 2.05) is 0 Å². The lowest BCUT2D eigenvalue weighted by Gasteiger charge is -2.39. The zero-order valence-corrected chi connectivity index (χ0v) is 20.6. The molecule has 1 aliphatic heterocycles. The molecule has 0 amide bonds. The van der Waals surface area contributed by atoms with Crippen LogP contribution < -0.4 is 4.31 Å². The van der Waals surface area contributed by atoms with Crippen LogP contribution in [0.4, 0.5) is 36.4 Å². The van der Waals surface area contributed by atoms with Crippen LogP contribution in [0.2, 0.25) is 0 Å². The molecule has 210 valence electrons. The molecule has 1 N–H and O–H groups in total. The predicted molar refractivity (Wildman–Crippen MR) is 123 cm³/mol. The number of aryl methyl sites for hydroxylation is 1. The van der Waals surface area contributed by atoms with E-state index in [0.29, 0.717) is 12.1 Å². The van der Waals surface area contributed by atoms with Crippen LogP contribution in [0.5, 0.6) is 0 Å². The molecule has 0 aliphatic carbocycles. The summed E-state index contributed by atoms with van der Waals surface area (Å²) < 4.78 is 128. The van der Waals surface area contributed by atoms with E-state index in [-0.39, 0.29) is 53.6 Å². The fourth-order valence-corrected chi connectivity index (χ4v) is 6.08. The summed E-state index contributed by atoms with van der Waals surface area (Å²) >= 11 is 0. The number of hydrogen-bond acceptors (Lipinski definition) is 6. The predicted octanol–water partition coefficient (Wildman–Crippen LogP) is 5.00. The van der Waals surface area contributed by atoms with Gasteiger partial charge < -0.3 is 9.52 Å². The van der Waals surface area contributed by atoms with Crippen LogP contribution in [0.15, 0.2) is 64.4 Å². The lowest BCUT2D eigenvalue weighted by molar-refractivity contribution is -0.376. The first-order valence-corrected chi connectivity index (χ1v) is 12.7. The molecule has 1 atom stereocenters. The van der Waals surface area contributed by atoms with Crippen LogP contribution in [0.1, 0.15) is 29.3 Å². The number of allylic oxidation sites excluding steroid dienone is 1. The quantitative estimate of drug-likeness (QED) is 0.313. The minimum Gasteiger partial charge on any atom is -0.425 e. The van der Waals surface area contributed by atoms with Crippen molar-refractivity contribution in [3.05, 3.63) is 83.8 Å². The second kappa shape index (κ2) is 9.93. The number of rotatable bonds is 7. The summed E-state index contributed by atoms with van der Waals surface area (Å²) in [6.45, 7) is 3.54. The van der Waals surface area contributed by atoms with Crippen LogP contribution in [0.25, 0.3) is 0 Å². The molecule has 4 rings (SSSR count). The topological polar surface area (TPSA) is 96.5 Å². The van der Waals surface area contributed by atoms with Crippen molar-refractivity contribution in [2.75, 3.05) is 4.31 Å². The Balaban J connectivity index is 1.83. The van der Waals surface area contributed by atoms with Crippen molar-refractivity contribution in [2.45, 2.75) is 54.6 Å². The molecule has 3 aromatic rings. The molecular weight excluding hydrogens is 559 g/mol. The van der Waals surface area contributed by atoms with Crippen LogP contribution in [0, 0.1) is 5.82 Å².